The van der Waals surface area contributed by atoms with Crippen molar-refractivity contribution in [2.75, 3.05) is 30.9 Å². The van der Waals surface area contributed by atoms with Gasteiger partial charge in [-0.15, -0.1) is 0 Å². The monoisotopic (exact) mass is 212 g/mol. The maximum absolute atomic E-state index is 5.90. The van der Waals surface area contributed by atoms with Gasteiger partial charge in [-0.05, 0) is 18.2 Å². The van der Waals surface area contributed by atoms with Gasteiger partial charge in [-0.25, -0.2) is 0 Å². The maximum Gasteiger partial charge on any atom is 0.0681 e. The van der Waals surface area contributed by atoms with Crippen LogP contribution in [0.2, 0.25) is 5.02 Å². The fourth-order valence-electron chi connectivity index (χ4n) is 1.60. The molecule has 1 aliphatic rings. The van der Waals surface area contributed by atoms with Gasteiger partial charge in [0.15, 0.2) is 0 Å². The topological polar surface area (TPSA) is 33.3 Å². The van der Waals surface area contributed by atoms with E-state index < -0.39 is 0 Å². The van der Waals surface area contributed by atoms with Crippen LogP contribution in [0.1, 0.15) is 0 Å². The number of nitrogens with one attached hydrogen (secondary N) is 2. The van der Waals surface area contributed by atoms with Gasteiger partial charge in [-0.1, -0.05) is 11.6 Å². The first-order valence-corrected chi connectivity index (χ1v) is 4.96. The Kier molecular flexibility index (Phi) is 2.79. The van der Waals surface area contributed by atoms with Gasteiger partial charge in [0.05, 0.1) is 24.0 Å². The summed E-state index contributed by atoms with van der Waals surface area (Å²) in [5, 5.41) is 7.44. The third-order valence-electron chi connectivity index (χ3n) is 2.25. The maximum atomic E-state index is 5.90. The van der Waals surface area contributed by atoms with Crippen molar-refractivity contribution in [3.63, 3.8) is 0 Å². The highest BCUT2D eigenvalue weighted by Gasteiger charge is 2.16. The molecular formula is C10H13ClN2O. The summed E-state index contributed by atoms with van der Waals surface area (Å²) >= 11 is 5.90. The quantitative estimate of drug-likeness (QED) is 0.789. The molecule has 0 saturated heterocycles. The van der Waals surface area contributed by atoms with Crippen LogP contribution in [-0.2, 0) is 4.74 Å². The first-order chi connectivity index (χ1) is 6.79. The molecule has 2 N–H and O–H groups in total. The molecule has 0 aromatic heterocycles. The van der Waals surface area contributed by atoms with Crippen LogP contribution in [0, 0.1) is 0 Å². The Bertz CT molecular complexity index is 330. The van der Waals surface area contributed by atoms with E-state index in [2.05, 4.69) is 10.6 Å². The molecule has 0 amide bonds. The third-order valence-corrected chi connectivity index (χ3v) is 2.48. The molecule has 76 valence electrons. The molecule has 0 aliphatic carbocycles. The fourth-order valence-corrected chi connectivity index (χ4v) is 1.77. The Labute approximate surface area is 88.4 Å². The van der Waals surface area contributed by atoms with E-state index in [1.807, 2.05) is 18.2 Å². The zero-order valence-corrected chi connectivity index (χ0v) is 8.77. The van der Waals surface area contributed by atoms with Crippen LogP contribution >= 0.6 is 11.6 Å². The first kappa shape index (κ1) is 9.62. The molecule has 0 saturated carbocycles. The molecule has 1 heterocycles. The Morgan fingerprint density at radius 2 is 2.36 bits per heavy atom. The second-order valence-corrected chi connectivity index (χ2v) is 3.80. The van der Waals surface area contributed by atoms with Crippen molar-refractivity contribution in [1.82, 2.24) is 0 Å². The van der Waals surface area contributed by atoms with Crippen molar-refractivity contribution in [2.45, 2.75) is 6.04 Å². The summed E-state index contributed by atoms with van der Waals surface area (Å²) in [5.41, 5.74) is 2.15. The summed E-state index contributed by atoms with van der Waals surface area (Å²) in [7, 11) is 1.70. The van der Waals surface area contributed by atoms with Gasteiger partial charge in [0.1, 0.15) is 0 Å². The van der Waals surface area contributed by atoms with Crippen molar-refractivity contribution < 1.29 is 4.74 Å². The molecule has 4 heteroatoms. The Balaban J connectivity index is 2.16. The molecule has 1 aliphatic heterocycles. The van der Waals surface area contributed by atoms with E-state index in [-0.39, 0.29) is 0 Å². The van der Waals surface area contributed by atoms with E-state index >= 15 is 0 Å². The highest BCUT2D eigenvalue weighted by atomic mass is 35.5. The fraction of sp³-hybridized carbons (Fsp3) is 0.400. The number of hydrogen-bond donors (Lipinski definition) is 2. The number of rotatable bonds is 2. The van der Waals surface area contributed by atoms with Crippen molar-refractivity contribution in [3.8, 4) is 0 Å². The predicted octanol–water partition coefficient (Wildman–Crippen LogP) is 2.19. The molecule has 0 spiro atoms. The minimum absolute atomic E-state index is 0.311. The van der Waals surface area contributed by atoms with E-state index in [0.29, 0.717) is 12.6 Å². The second kappa shape index (κ2) is 4.07. The average molecular weight is 213 g/mol. The molecule has 2 rings (SSSR count). The first-order valence-electron chi connectivity index (χ1n) is 4.58. The molecule has 0 bridgehead atoms. The Hall–Kier alpha value is -0.930. The summed E-state index contributed by atoms with van der Waals surface area (Å²) in [5.74, 6) is 0. The number of halogens is 1. The largest absolute Gasteiger partial charge is 0.382 e. The zero-order valence-electron chi connectivity index (χ0n) is 8.01. The molecule has 1 atom stereocenters. The van der Waals surface area contributed by atoms with Crippen molar-refractivity contribution in [2.24, 2.45) is 0 Å². The zero-order chi connectivity index (χ0) is 9.97. The van der Waals surface area contributed by atoms with Crippen molar-refractivity contribution in [1.29, 1.82) is 0 Å². The SMILES string of the molecule is COCC1CNc2ccc(Cl)cc2N1. The van der Waals surface area contributed by atoms with Crippen LogP contribution in [0.25, 0.3) is 0 Å². The summed E-state index contributed by atoms with van der Waals surface area (Å²) in [6.07, 6.45) is 0. The molecule has 3 nitrogen and oxygen atoms in total. The van der Waals surface area contributed by atoms with Crippen LogP contribution in [0.3, 0.4) is 0 Å². The Morgan fingerprint density at radius 3 is 3.14 bits per heavy atom. The van der Waals surface area contributed by atoms with Crippen LogP contribution in [0.4, 0.5) is 11.4 Å². The van der Waals surface area contributed by atoms with E-state index in [9.17, 15) is 0 Å². The molecule has 14 heavy (non-hydrogen) atoms. The van der Waals surface area contributed by atoms with E-state index in [0.717, 1.165) is 22.9 Å². The summed E-state index contributed by atoms with van der Waals surface area (Å²) in [6.45, 7) is 1.57. The average Bonchev–Trinajstić information content (AvgIpc) is 2.17. The molecule has 1 aromatic rings. The minimum atomic E-state index is 0.311. The van der Waals surface area contributed by atoms with Gasteiger partial charge >= 0.3 is 0 Å². The number of anilines is 2. The summed E-state index contributed by atoms with van der Waals surface area (Å²) in [4.78, 5) is 0. The van der Waals surface area contributed by atoms with Gasteiger partial charge in [-0.3, -0.25) is 0 Å². The molecule has 0 fully saturated rings. The number of ether oxygens (including phenoxy) is 1. The van der Waals surface area contributed by atoms with E-state index in [4.69, 9.17) is 16.3 Å². The lowest BCUT2D eigenvalue weighted by Crippen LogP contribution is -2.36. The number of hydrogen-bond acceptors (Lipinski definition) is 3. The van der Waals surface area contributed by atoms with Crippen LogP contribution in [0.15, 0.2) is 18.2 Å². The minimum Gasteiger partial charge on any atom is -0.382 e. The van der Waals surface area contributed by atoms with E-state index in [1.165, 1.54) is 0 Å². The lowest BCUT2D eigenvalue weighted by atomic mass is 10.1. The van der Waals surface area contributed by atoms with Crippen LogP contribution in [0.5, 0.6) is 0 Å². The van der Waals surface area contributed by atoms with Crippen molar-refractivity contribution >= 4 is 23.0 Å². The number of benzene rings is 1. The highest BCUT2D eigenvalue weighted by molar-refractivity contribution is 6.31. The number of methoxy groups -OCH3 is 1. The molecule has 1 aromatic carbocycles. The van der Waals surface area contributed by atoms with Gasteiger partial charge in [0.2, 0.25) is 0 Å². The van der Waals surface area contributed by atoms with Crippen LogP contribution in [-0.4, -0.2) is 26.3 Å². The Morgan fingerprint density at radius 1 is 1.50 bits per heavy atom. The lowest BCUT2D eigenvalue weighted by molar-refractivity contribution is 0.188. The van der Waals surface area contributed by atoms with Gasteiger partial charge < -0.3 is 15.4 Å². The normalized spacial score (nSPS) is 19.4. The molecule has 1 unspecified atom stereocenters. The molecule has 0 radical (unpaired) electrons. The highest BCUT2D eigenvalue weighted by Crippen LogP contribution is 2.28. The van der Waals surface area contributed by atoms with Crippen molar-refractivity contribution in [3.05, 3.63) is 23.2 Å². The lowest BCUT2D eigenvalue weighted by Gasteiger charge is -2.27. The second-order valence-electron chi connectivity index (χ2n) is 3.37. The van der Waals surface area contributed by atoms with Gasteiger partial charge in [0, 0.05) is 18.7 Å². The summed E-state index contributed by atoms with van der Waals surface area (Å²) < 4.78 is 5.09. The summed E-state index contributed by atoms with van der Waals surface area (Å²) in [6, 6.07) is 6.09. The standard InChI is InChI=1S/C10H13ClN2O/c1-14-6-8-5-12-9-3-2-7(11)4-10(9)13-8/h2-4,8,12-13H,5-6H2,1H3. The van der Waals surface area contributed by atoms with Gasteiger partial charge in [-0.2, -0.15) is 0 Å². The smallest absolute Gasteiger partial charge is 0.0681 e. The number of fused-ring (bicyclic) bond motifs is 1. The third kappa shape index (κ3) is 1.94. The van der Waals surface area contributed by atoms with E-state index in [1.54, 1.807) is 7.11 Å². The predicted molar refractivity (Wildman–Crippen MR) is 59.2 cm³/mol. The molecular weight excluding hydrogens is 200 g/mol. The van der Waals surface area contributed by atoms with Gasteiger partial charge in [0.25, 0.3) is 0 Å². The van der Waals surface area contributed by atoms with Crippen LogP contribution < -0.4 is 10.6 Å².